The molecule has 1 N–H and O–H groups in total. The van der Waals surface area contributed by atoms with Gasteiger partial charge in [-0.3, -0.25) is 9.69 Å². The Bertz CT molecular complexity index is 716. The standard InChI is InChI=1S/C19H27N5O2S/c1-15(2)24-14-21-22-19(24)27-13-18(25)20-12-17(16-6-4-3-5-7-16)23-8-10-26-11-9-23/h3-7,14-15,17H,8-13H2,1-2H3,(H,20,25). The summed E-state index contributed by atoms with van der Waals surface area (Å²) in [6, 6.07) is 10.8. The van der Waals surface area contributed by atoms with Gasteiger partial charge in [0.25, 0.3) is 0 Å². The van der Waals surface area contributed by atoms with Crippen LogP contribution in [0.1, 0.15) is 31.5 Å². The number of rotatable bonds is 8. The smallest absolute Gasteiger partial charge is 0.230 e. The molecule has 0 radical (unpaired) electrons. The van der Waals surface area contributed by atoms with Crippen LogP contribution in [0.5, 0.6) is 0 Å². The summed E-state index contributed by atoms with van der Waals surface area (Å²) in [4.78, 5) is 14.8. The maximum absolute atomic E-state index is 12.4. The van der Waals surface area contributed by atoms with Crippen molar-refractivity contribution in [2.24, 2.45) is 0 Å². The predicted octanol–water partition coefficient (Wildman–Crippen LogP) is 2.14. The van der Waals surface area contributed by atoms with Crippen molar-refractivity contribution in [3.05, 3.63) is 42.2 Å². The molecule has 0 bridgehead atoms. The molecule has 7 nitrogen and oxygen atoms in total. The van der Waals surface area contributed by atoms with Crippen molar-refractivity contribution in [3.63, 3.8) is 0 Å². The zero-order valence-corrected chi connectivity index (χ0v) is 16.7. The van der Waals surface area contributed by atoms with Crippen molar-refractivity contribution < 1.29 is 9.53 Å². The van der Waals surface area contributed by atoms with Crippen LogP contribution in [0.4, 0.5) is 0 Å². The van der Waals surface area contributed by atoms with Gasteiger partial charge in [0, 0.05) is 25.7 Å². The van der Waals surface area contributed by atoms with Gasteiger partial charge in [-0.2, -0.15) is 0 Å². The number of morpholine rings is 1. The molecule has 2 heterocycles. The molecular weight excluding hydrogens is 362 g/mol. The van der Waals surface area contributed by atoms with Crippen LogP contribution in [-0.2, 0) is 9.53 Å². The highest BCUT2D eigenvalue weighted by molar-refractivity contribution is 7.99. The van der Waals surface area contributed by atoms with E-state index >= 15 is 0 Å². The van der Waals surface area contributed by atoms with Gasteiger partial charge in [-0.25, -0.2) is 0 Å². The maximum atomic E-state index is 12.4. The average Bonchev–Trinajstić information content (AvgIpc) is 3.17. The Labute approximate surface area is 164 Å². The number of benzene rings is 1. The molecule has 1 fully saturated rings. The Morgan fingerprint density at radius 1 is 1.26 bits per heavy atom. The molecule has 1 aliphatic rings. The monoisotopic (exact) mass is 389 g/mol. The van der Waals surface area contributed by atoms with Crippen LogP contribution < -0.4 is 5.32 Å². The number of ether oxygens (including phenoxy) is 1. The first-order chi connectivity index (χ1) is 13.1. The molecule has 1 saturated heterocycles. The minimum atomic E-state index is 0.00694. The molecule has 1 aromatic heterocycles. The summed E-state index contributed by atoms with van der Waals surface area (Å²) >= 11 is 1.42. The molecular formula is C19H27N5O2S. The van der Waals surface area contributed by atoms with Crippen LogP contribution in [-0.4, -0.2) is 64.2 Å². The quantitative estimate of drug-likeness (QED) is 0.698. The number of hydrogen-bond acceptors (Lipinski definition) is 6. The number of hydrogen-bond donors (Lipinski definition) is 1. The number of nitrogens with zero attached hydrogens (tertiary/aromatic N) is 4. The zero-order chi connectivity index (χ0) is 19.1. The van der Waals surface area contributed by atoms with E-state index in [2.05, 4.69) is 46.4 Å². The third-order valence-electron chi connectivity index (χ3n) is 4.59. The lowest BCUT2D eigenvalue weighted by Crippen LogP contribution is -2.44. The van der Waals surface area contributed by atoms with Crippen LogP contribution in [0.2, 0.25) is 0 Å². The molecule has 27 heavy (non-hydrogen) atoms. The van der Waals surface area contributed by atoms with E-state index in [-0.39, 0.29) is 18.0 Å². The number of aromatic nitrogens is 3. The summed E-state index contributed by atoms with van der Waals surface area (Å²) in [5.74, 6) is 0.336. The third kappa shape index (κ3) is 5.54. The van der Waals surface area contributed by atoms with Gasteiger partial charge in [0.05, 0.1) is 25.0 Å². The number of nitrogens with one attached hydrogen (secondary N) is 1. The van der Waals surface area contributed by atoms with E-state index in [4.69, 9.17) is 4.74 Å². The molecule has 1 unspecified atom stereocenters. The molecule has 146 valence electrons. The number of carbonyl (C=O) groups is 1. The molecule has 0 saturated carbocycles. The lowest BCUT2D eigenvalue weighted by Gasteiger charge is -2.34. The van der Waals surface area contributed by atoms with E-state index in [0.717, 1.165) is 31.5 Å². The highest BCUT2D eigenvalue weighted by Crippen LogP contribution is 2.22. The van der Waals surface area contributed by atoms with Crippen molar-refractivity contribution in [3.8, 4) is 0 Å². The van der Waals surface area contributed by atoms with Crippen LogP contribution in [0.15, 0.2) is 41.8 Å². The third-order valence-corrected chi connectivity index (χ3v) is 5.55. The molecule has 2 aromatic rings. The summed E-state index contributed by atoms with van der Waals surface area (Å²) in [6.45, 7) is 7.94. The Morgan fingerprint density at radius 2 is 2.00 bits per heavy atom. The summed E-state index contributed by atoms with van der Waals surface area (Å²) in [5, 5.41) is 11.9. The Kier molecular flexibility index (Phi) is 7.25. The predicted molar refractivity (Wildman–Crippen MR) is 106 cm³/mol. The first-order valence-corrected chi connectivity index (χ1v) is 10.3. The molecule has 3 rings (SSSR count). The summed E-state index contributed by atoms with van der Waals surface area (Å²) in [5.41, 5.74) is 1.21. The SMILES string of the molecule is CC(C)n1cnnc1SCC(=O)NCC(c1ccccc1)N1CCOCC1. The Balaban J connectivity index is 1.56. The molecule has 1 aromatic carbocycles. The van der Waals surface area contributed by atoms with Crippen molar-refractivity contribution in [2.75, 3.05) is 38.6 Å². The van der Waals surface area contributed by atoms with E-state index < -0.39 is 0 Å². The second-order valence-electron chi connectivity index (χ2n) is 6.78. The number of carbonyl (C=O) groups excluding carboxylic acids is 1. The molecule has 0 aliphatic carbocycles. The van der Waals surface area contributed by atoms with Crippen molar-refractivity contribution in [1.82, 2.24) is 25.0 Å². The fourth-order valence-corrected chi connectivity index (χ4v) is 3.98. The van der Waals surface area contributed by atoms with Gasteiger partial charge in [0.15, 0.2) is 5.16 Å². The lowest BCUT2D eigenvalue weighted by atomic mass is 10.0. The van der Waals surface area contributed by atoms with Gasteiger partial charge in [0.1, 0.15) is 6.33 Å². The fourth-order valence-electron chi connectivity index (χ4n) is 3.10. The summed E-state index contributed by atoms with van der Waals surface area (Å²) < 4.78 is 7.44. The number of amides is 1. The topological polar surface area (TPSA) is 72.3 Å². The average molecular weight is 390 g/mol. The van der Waals surface area contributed by atoms with E-state index in [1.807, 2.05) is 22.8 Å². The van der Waals surface area contributed by atoms with Crippen molar-refractivity contribution in [1.29, 1.82) is 0 Å². The second kappa shape index (κ2) is 9.87. The van der Waals surface area contributed by atoms with E-state index in [1.54, 1.807) is 6.33 Å². The first kappa shape index (κ1) is 19.9. The Morgan fingerprint density at radius 3 is 2.70 bits per heavy atom. The minimum absolute atomic E-state index is 0.00694. The lowest BCUT2D eigenvalue weighted by molar-refractivity contribution is -0.118. The van der Waals surface area contributed by atoms with Gasteiger partial charge >= 0.3 is 0 Å². The second-order valence-corrected chi connectivity index (χ2v) is 7.72. The van der Waals surface area contributed by atoms with Gasteiger partial charge in [-0.15, -0.1) is 10.2 Å². The van der Waals surface area contributed by atoms with Gasteiger partial charge < -0.3 is 14.6 Å². The molecule has 8 heteroatoms. The first-order valence-electron chi connectivity index (χ1n) is 9.31. The van der Waals surface area contributed by atoms with E-state index in [1.165, 1.54) is 17.3 Å². The Hall–Kier alpha value is -1.90. The van der Waals surface area contributed by atoms with E-state index in [9.17, 15) is 4.79 Å². The highest BCUT2D eigenvalue weighted by Gasteiger charge is 2.23. The maximum Gasteiger partial charge on any atom is 0.230 e. The largest absolute Gasteiger partial charge is 0.379 e. The fraction of sp³-hybridized carbons (Fsp3) is 0.526. The molecule has 0 spiro atoms. The zero-order valence-electron chi connectivity index (χ0n) is 15.9. The van der Waals surface area contributed by atoms with Crippen LogP contribution in [0, 0.1) is 0 Å². The van der Waals surface area contributed by atoms with Gasteiger partial charge in [-0.1, -0.05) is 42.1 Å². The molecule has 1 amide bonds. The minimum Gasteiger partial charge on any atom is -0.379 e. The van der Waals surface area contributed by atoms with Gasteiger partial charge in [0.2, 0.25) is 5.91 Å². The highest BCUT2D eigenvalue weighted by atomic mass is 32.2. The van der Waals surface area contributed by atoms with Crippen molar-refractivity contribution in [2.45, 2.75) is 31.1 Å². The molecule has 1 aliphatic heterocycles. The summed E-state index contributed by atoms with van der Waals surface area (Å²) in [7, 11) is 0. The number of thioether (sulfide) groups is 1. The molecule has 1 atom stereocenters. The van der Waals surface area contributed by atoms with Crippen molar-refractivity contribution >= 4 is 17.7 Å². The summed E-state index contributed by atoms with van der Waals surface area (Å²) in [6.07, 6.45) is 1.70. The van der Waals surface area contributed by atoms with Crippen LogP contribution >= 0.6 is 11.8 Å². The van der Waals surface area contributed by atoms with Crippen LogP contribution in [0.3, 0.4) is 0 Å². The van der Waals surface area contributed by atoms with E-state index in [0.29, 0.717) is 12.3 Å². The van der Waals surface area contributed by atoms with Gasteiger partial charge in [-0.05, 0) is 19.4 Å². The van der Waals surface area contributed by atoms with Crippen LogP contribution in [0.25, 0.3) is 0 Å². The normalized spacial score (nSPS) is 16.4.